The Labute approximate surface area is 179 Å². The van der Waals surface area contributed by atoms with Crippen molar-refractivity contribution in [2.45, 2.75) is 6.54 Å². The number of ether oxygens (including phenoxy) is 1. The molecule has 0 bridgehead atoms. The number of benzene rings is 2. The third-order valence-electron chi connectivity index (χ3n) is 4.77. The third-order valence-corrected chi connectivity index (χ3v) is 4.77. The summed E-state index contributed by atoms with van der Waals surface area (Å²) in [5, 5.41) is 3.12. The molecule has 0 aliphatic carbocycles. The van der Waals surface area contributed by atoms with E-state index in [1.54, 1.807) is 28.8 Å². The van der Waals surface area contributed by atoms with Crippen molar-refractivity contribution in [1.82, 2.24) is 9.88 Å². The average Bonchev–Trinajstić information content (AvgIpc) is 2.81. The highest BCUT2D eigenvalue weighted by Crippen LogP contribution is 2.22. The van der Waals surface area contributed by atoms with Gasteiger partial charge in [-0.2, -0.15) is 0 Å². The van der Waals surface area contributed by atoms with Crippen molar-refractivity contribution in [2.75, 3.05) is 7.11 Å². The normalized spacial score (nSPS) is 11.1. The van der Waals surface area contributed by atoms with Crippen molar-refractivity contribution in [3.8, 4) is 5.69 Å². The van der Waals surface area contributed by atoms with Gasteiger partial charge in [0.15, 0.2) is 5.43 Å². The molecule has 3 rings (SSSR count). The zero-order valence-corrected chi connectivity index (χ0v) is 17.1. The second-order valence-corrected chi connectivity index (χ2v) is 6.58. The van der Waals surface area contributed by atoms with E-state index >= 15 is 0 Å². The number of amides is 1. The number of hydrogen-bond acceptors (Lipinski definition) is 4. The van der Waals surface area contributed by atoms with Gasteiger partial charge in [-0.25, -0.2) is 4.79 Å². The molecule has 0 aliphatic heterocycles. The molecule has 0 atom stereocenters. The van der Waals surface area contributed by atoms with Crippen LogP contribution in [0.2, 0.25) is 0 Å². The Balaban J connectivity index is 2.27. The number of carbonyl (C=O) groups is 2. The number of hydrogen-bond donors (Lipinski definition) is 1. The van der Waals surface area contributed by atoms with Gasteiger partial charge in [0.25, 0.3) is 5.91 Å². The van der Waals surface area contributed by atoms with Crippen LogP contribution in [0.4, 0.5) is 0 Å². The number of aromatic nitrogens is 1. The molecule has 2 aromatic carbocycles. The summed E-state index contributed by atoms with van der Waals surface area (Å²) in [7, 11) is 1.25. The molecule has 1 heterocycles. The number of carbonyl (C=O) groups excluding carboxylic acids is 2. The lowest BCUT2D eigenvalue weighted by Gasteiger charge is -2.19. The number of allylic oxidation sites excluding steroid dienone is 2. The minimum Gasteiger partial charge on any atom is -0.464 e. The summed E-state index contributed by atoms with van der Waals surface area (Å²) in [6, 6.07) is 16.2. The Bertz CT molecular complexity index is 1250. The van der Waals surface area contributed by atoms with E-state index in [1.165, 1.54) is 25.3 Å². The fraction of sp³-hybridized carbons (Fsp3) is 0.0800. The number of rotatable bonds is 7. The topological polar surface area (TPSA) is 77.4 Å². The van der Waals surface area contributed by atoms with E-state index in [4.69, 9.17) is 4.74 Å². The largest absolute Gasteiger partial charge is 0.464 e. The molecule has 1 aromatic heterocycles. The highest BCUT2D eigenvalue weighted by Gasteiger charge is 2.24. The second kappa shape index (κ2) is 9.54. The van der Waals surface area contributed by atoms with Crippen molar-refractivity contribution >= 4 is 22.8 Å². The summed E-state index contributed by atoms with van der Waals surface area (Å²) in [4.78, 5) is 38.6. The lowest BCUT2D eigenvalue weighted by Crippen LogP contribution is -2.31. The van der Waals surface area contributed by atoms with Crippen molar-refractivity contribution in [1.29, 1.82) is 0 Å². The Kier molecular flexibility index (Phi) is 6.62. The van der Waals surface area contributed by atoms with Crippen LogP contribution < -0.4 is 10.7 Å². The third kappa shape index (κ3) is 4.23. The van der Waals surface area contributed by atoms with Gasteiger partial charge in [-0.05, 0) is 24.3 Å². The smallest absolute Gasteiger partial charge is 0.355 e. The lowest BCUT2D eigenvalue weighted by molar-refractivity contribution is -0.117. The zero-order valence-electron chi connectivity index (χ0n) is 17.1. The molecule has 1 N–H and O–H groups in total. The molecule has 0 fully saturated rings. The molecule has 0 saturated carbocycles. The summed E-state index contributed by atoms with van der Waals surface area (Å²) in [6.45, 7) is 7.02. The summed E-state index contributed by atoms with van der Waals surface area (Å²) in [5.41, 5.74) is 1.38. The van der Waals surface area contributed by atoms with Gasteiger partial charge in [-0.15, -0.1) is 0 Å². The fourth-order valence-electron chi connectivity index (χ4n) is 3.34. The molecule has 0 spiro atoms. The van der Waals surface area contributed by atoms with E-state index in [0.717, 1.165) is 0 Å². The second-order valence-electron chi connectivity index (χ2n) is 6.58. The predicted molar refractivity (Wildman–Crippen MR) is 121 cm³/mol. The van der Waals surface area contributed by atoms with E-state index in [2.05, 4.69) is 18.5 Å². The van der Waals surface area contributed by atoms with Gasteiger partial charge in [0.05, 0.1) is 18.2 Å². The average molecular weight is 414 g/mol. The number of nitrogens with zero attached hydrogens (tertiary/aromatic N) is 1. The monoisotopic (exact) mass is 414 g/mol. The molecule has 0 unspecified atom stereocenters. The van der Waals surface area contributed by atoms with Crippen molar-refractivity contribution in [3.05, 3.63) is 113 Å². The number of esters is 1. The Hall–Kier alpha value is -4.19. The molecule has 6 nitrogen and oxygen atoms in total. The highest BCUT2D eigenvalue weighted by molar-refractivity contribution is 5.97. The first-order chi connectivity index (χ1) is 15.0. The van der Waals surface area contributed by atoms with Crippen LogP contribution in [0.3, 0.4) is 0 Å². The first-order valence-electron chi connectivity index (χ1n) is 9.57. The molecule has 156 valence electrons. The lowest BCUT2D eigenvalue weighted by atomic mass is 10.1. The molecule has 3 aromatic rings. The molecule has 6 heteroatoms. The minimum atomic E-state index is -0.679. The molecular formula is C25H22N2O4. The van der Waals surface area contributed by atoms with E-state index in [0.29, 0.717) is 22.2 Å². The van der Waals surface area contributed by atoms with Gasteiger partial charge in [0.1, 0.15) is 5.69 Å². The van der Waals surface area contributed by atoms with Crippen molar-refractivity contribution in [3.63, 3.8) is 0 Å². The summed E-state index contributed by atoms with van der Waals surface area (Å²) in [6.07, 6.45) is 4.36. The maximum Gasteiger partial charge on any atom is 0.355 e. The number of para-hydroxylation sites is 2. The SMILES string of the molecule is C=C/C=C(\C=C)C(=O)NCc1c(C(=O)OC)n(-c2ccccc2)c2ccccc2c1=O. The van der Waals surface area contributed by atoms with E-state index < -0.39 is 11.9 Å². The zero-order chi connectivity index (χ0) is 22.4. The van der Waals surface area contributed by atoms with Crippen LogP contribution in [0.15, 0.2) is 96.4 Å². The van der Waals surface area contributed by atoms with Crippen LogP contribution >= 0.6 is 0 Å². The van der Waals surface area contributed by atoms with Crippen LogP contribution in [-0.2, 0) is 16.1 Å². The quantitative estimate of drug-likeness (QED) is 0.363. The minimum absolute atomic E-state index is 0.0607. The molecule has 0 radical (unpaired) electrons. The van der Waals surface area contributed by atoms with Crippen LogP contribution in [0, 0.1) is 0 Å². The number of fused-ring (bicyclic) bond motifs is 1. The van der Waals surface area contributed by atoms with Crippen molar-refractivity contribution < 1.29 is 14.3 Å². The molecule has 31 heavy (non-hydrogen) atoms. The van der Waals surface area contributed by atoms with Crippen LogP contribution in [0.5, 0.6) is 0 Å². The molecule has 0 saturated heterocycles. The van der Waals surface area contributed by atoms with Crippen LogP contribution in [0.25, 0.3) is 16.6 Å². The maximum atomic E-state index is 13.3. The molecule has 1 amide bonds. The first-order valence-corrected chi connectivity index (χ1v) is 9.57. The maximum absolute atomic E-state index is 13.3. The van der Waals surface area contributed by atoms with E-state index in [9.17, 15) is 14.4 Å². The van der Waals surface area contributed by atoms with E-state index in [-0.39, 0.29) is 23.2 Å². The van der Waals surface area contributed by atoms with Gasteiger partial charge in [-0.1, -0.05) is 61.7 Å². The Morgan fingerprint density at radius 3 is 2.39 bits per heavy atom. The first kappa shape index (κ1) is 21.5. The van der Waals surface area contributed by atoms with Gasteiger partial charge in [0, 0.05) is 23.2 Å². The highest BCUT2D eigenvalue weighted by atomic mass is 16.5. The van der Waals surface area contributed by atoms with E-state index in [1.807, 2.05) is 30.3 Å². The van der Waals surface area contributed by atoms with Crippen molar-refractivity contribution in [2.24, 2.45) is 0 Å². The van der Waals surface area contributed by atoms with Gasteiger partial charge >= 0.3 is 5.97 Å². The molecule has 0 aliphatic rings. The molecular weight excluding hydrogens is 392 g/mol. The van der Waals surface area contributed by atoms with Crippen LogP contribution in [-0.4, -0.2) is 23.6 Å². The fourth-order valence-corrected chi connectivity index (χ4v) is 3.34. The number of pyridine rings is 1. The van der Waals surface area contributed by atoms with Gasteiger partial charge in [0.2, 0.25) is 0 Å². The summed E-state index contributed by atoms with van der Waals surface area (Å²) in [5.74, 6) is -1.12. The summed E-state index contributed by atoms with van der Waals surface area (Å²) >= 11 is 0. The standard InChI is InChI=1S/C25H22N2O4/c1-4-11-17(5-2)24(29)26-16-20-22(25(30)31-3)27(18-12-7-6-8-13-18)21-15-10-9-14-19(21)23(20)28/h4-15H,1-2,16H2,3H3,(H,26,29)/b17-11+. The Morgan fingerprint density at radius 1 is 1.06 bits per heavy atom. The predicted octanol–water partition coefficient (Wildman–Crippen LogP) is 3.69. The van der Waals surface area contributed by atoms with Crippen LogP contribution in [0.1, 0.15) is 16.1 Å². The number of nitrogens with one attached hydrogen (secondary N) is 1. The summed E-state index contributed by atoms with van der Waals surface area (Å²) < 4.78 is 6.68. The van der Waals surface area contributed by atoms with Gasteiger partial charge in [-0.3, -0.25) is 9.59 Å². The Morgan fingerprint density at radius 2 is 1.74 bits per heavy atom. The number of methoxy groups -OCH3 is 1. The van der Waals surface area contributed by atoms with Gasteiger partial charge < -0.3 is 14.6 Å².